The standard InChI is InChI=1S/C25H28N4O2/c1-19-9-8-10-20(17-19)24-22(18-29(27-24)21-11-4-2-5-12-21)25(31)26-14-13-23(30)28-15-6-3-7-16-28/h2,4-5,8-12,17-18H,3,6-7,13-16H2,1H3,(H,26,31). The van der Waals surface area contributed by atoms with Gasteiger partial charge in [-0.2, -0.15) is 5.10 Å². The molecule has 2 heterocycles. The maximum atomic E-state index is 13.0. The lowest BCUT2D eigenvalue weighted by atomic mass is 10.1. The second-order valence-electron chi connectivity index (χ2n) is 7.99. The molecule has 0 bridgehead atoms. The first-order valence-electron chi connectivity index (χ1n) is 10.9. The summed E-state index contributed by atoms with van der Waals surface area (Å²) in [6.07, 6.45) is 5.40. The number of rotatable bonds is 6. The van der Waals surface area contributed by atoms with E-state index in [1.54, 1.807) is 10.9 Å². The van der Waals surface area contributed by atoms with Crippen LogP contribution in [0.4, 0.5) is 0 Å². The summed E-state index contributed by atoms with van der Waals surface area (Å²) in [5.74, 6) is -0.107. The highest BCUT2D eigenvalue weighted by molar-refractivity contribution is 6.00. The first kappa shape index (κ1) is 20.8. The Kier molecular flexibility index (Phi) is 6.46. The monoisotopic (exact) mass is 416 g/mol. The number of hydrogen-bond acceptors (Lipinski definition) is 3. The molecular weight excluding hydrogens is 388 g/mol. The molecule has 1 aliphatic rings. The largest absolute Gasteiger partial charge is 0.351 e. The molecule has 1 N–H and O–H groups in total. The molecule has 1 aliphatic heterocycles. The van der Waals surface area contributed by atoms with Gasteiger partial charge in [-0.15, -0.1) is 0 Å². The third-order valence-electron chi connectivity index (χ3n) is 5.60. The molecule has 0 atom stereocenters. The van der Waals surface area contributed by atoms with Gasteiger partial charge in [0.05, 0.1) is 11.3 Å². The molecule has 0 radical (unpaired) electrons. The van der Waals surface area contributed by atoms with E-state index in [0.29, 0.717) is 24.2 Å². The van der Waals surface area contributed by atoms with Crippen molar-refractivity contribution in [3.63, 3.8) is 0 Å². The van der Waals surface area contributed by atoms with Crippen LogP contribution in [0.15, 0.2) is 60.8 Å². The predicted molar refractivity (Wildman–Crippen MR) is 121 cm³/mol. The normalized spacial score (nSPS) is 13.8. The zero-order chi connectivity index (χ0) is 21.6. The van der Waals surface area contributed by atoms with E-state index in [1.165, 1.54) is 6.42 Å². The summed E-state index contributed by atoms with van der Waals surface area (Å²) in [6.45, 7) is 3.99. The van der Waals surface area contributed by atoms with Gasteiger partial charge in [0.15, 0.2) is 0 Å². The number of aryl methyl sites for hydroxylation is 1. The lowest BCUT2D eigenvalue weighted by Crippen LogP contribution is -2.37. The minimum Gasteiger partial charge on any atom is -0.351 e. The quantitative estimate of drug-likeness (QED) is 0.661. The van der Waals surface area contributed by atoms with Gasteiger partial charge < -0.3 is 10.2 Å². The number of nitrogens with one attached hydrogen (secondary N) is 1. The van der Waals surface area contributed by atoms with E-state index in [0.717, 1.165) is 42.7 Å². The first-order valence-corrected chi connectivity index (χ1v) is 10.9. The summed E-state index contributed by atoms with van der Waals surface area (Å²) < 4.78 is 1.73. The summed E-state index contributed by atoms with van der Waals surface area (Å²) >= 11 is 0. The van der Waals surface area contributed by atoms with Crippen molar-refractivity contribution < 1.29 is 9.59 Å². The number of carbonyl (C=O) groups excluding carboxylic acids is 2. The van der Waals surface area contributed by atoms with E-state index in [9.17, 15) is 9.59 Å². The van der Waals surface area contributed by atoms with Gasteiger partial charge >= 0.3 is 0 Å². The number of hydrogen-bond donors (Lipinski definition) is 1. The van der Waals surface area contributed by atoms with Crippen LogP contribution in [-0.2, 0) is 4.79 Å². The Morgan fingerprint density at radius 3 is 2.52 bits per heavy atom. The second kappa shape index (κ2) is 9.60. The molecule has 0 aliphatic carbocycles. The predicted octanol–water partition coefficient (Wildman–Crippen LogP) is 3.98. The molecule has 0 unspecified atom stereocenters. The van der Waals surface area contributed by atoms with Crippen molar-refractivity contribution in [2.24, 2.45) is 0 Å². The minimum absolute atomic E-state index is 0.110. The Morgan fingerprint density at radius 1 is 1.00 bits per heavy atom. The highest BCUT2D eigenvalue weighted by Crippen LogP contribution is 2.24. The van der Waals surface area contributed by atoms with Crippen molar-refractivity contribution in [1.82, 2.24) is 20.0 Å². The Bertz CT molecular complexity index is 1050. The summed E-state index contributed by atoms with van der Waals surface area (Å²) in [6, 6.07) is 17.7. The van der Waals surface area contributed by atoms with Crippen molar-refractivity contribution in [3.8, 4) is 16.9 Å². The number of nitrogens with zero attached hydrogens (tertiary/aromatic N) is 3. The number of aromatic nitrogens is 2. The Hall–Kier alpha value is -3.41. The average Bonchev–Trinajstić information content (AvgIpc) is 3.26. The van der Waals surface area contributed by atoms with Crippen LogP contribution in [0.2, 0.25) is 0 Å². The van der Waals surface area contributed by atoms with E-state index in [-0.39, 0.29) is 11.8 Å². The molecule has 6 nitrogen and oxygen atoms in total. The van der Waals surface area contributed by atoms with E-state index >= 15 is 0 Å². The van der Waals surface area contributed by atoms with Crippen LogP contribution in [-0.4, -0.2) is 46.1 Å². The molecule has 2 amide bonds. The van der Waals surface area contributed by atoms with Crippen LogP contribution in [0.1, 0.15) is 41.6 Å². The third-order valence-corrected chi connectivity index (χ3v) is 5.60. The minimum atomic E-state index is -0.217. The van der Waals surface area contributed by atoms with Crippen LogP contribution in [0.5, 0.6) is 0 Å². The van der Waals surface area contributed by atoms with Crippen LogP contribution in [0.3, 0.4) is 0 Å². The fourth-order valence-electron chi connectivity index (χ4n) is 3.94. The number of carbonyl (C=O) groups is 2. The second-order valence-corrected chi connectivity index (χ2v) is 7.99. The summed E-state index contributed by atoms with van der Waals surface area (Å²) in [4.78, 5) is 27.3. The van der Waals surface area contributed by atoms with Crippen LogP contribution in [0.25, 0.3) is 16.9 Å². The fraction of sp³-hybridized carbons (Fsp3) is 0.320. The average molecular weight is 417 g/mol. The number of likely N-dealkylation sites (tertiary alicyclic amines) is 1. The first-order chi connectivity index (χ1) is 15.1. The van der Waals surface area contributed by atoms with E-state index in [4.69, 9.17) is 5.10 Å². The Labute approximate surface area is 182 Å². The summed E-state index contributed by atoms with van der Waals surface area (Å²) in [5, 5.41) is 7.63. The van der Waals surface area contributed by atoms with Gasteiger partial charge in [0.2, 0.25) is 5.91 Å². The molecule has 0 spiro atoms. The van der Waals surface area contributed by atoms with Crippen molar-refractivity contribution in [3.05, 3.63) is 71.9 Å². The van der Waals surface area contributed by atoms with E-state index < -0.39 is 0 Å². The molecule has 2 aromatic carbocycles. The Morgan fingerprint density at radius 2 is 1.77 bits per heavy atom. The van der Waals surface area contributed by atoms with Gasteiger partial charge in [-0.25, -0.2) is 4.68 Å². The molecular formula is C25H28N4O2. The lowest BCUT2D eigenvalue weighted by molar-refractivity contribution is -0.131. The van der Waals surface area contributed by atoms with Crippen molar-refractivity contribution in [1.29, 1.82) is 0 Å². The maximum absolute atomic E-state index is 13.0. The number of piperidine rings is 1. The van der Waals surface area contributed by atoms with Crippen LogP contribution < -0.4 is 5.32 Å². The van der Waals surface area contributed by atoms with Crippen LogP contribution >= 0.6 is 0 Å². The van der Waals surface area contributed by atoms with Crippen LogP contribution in [0, 0.1) is 6.92 Å². The molecule has 3 aromatic rings. The SMILES string of the molecule is Cc1cccc(-c2nn(-c3ccccc3)cc2C(=O)NCCC(=O)N2CCCCC2)c1. The van der Waals surface area contributed by atoms with Crippen molar-refractivity contribution >= 4 is 11.8 Å². The fourth-order valence-corrected chi connectivity index (χ4v) is 3.94. The van der Waals surface area contributed by atoms with Gasteiger partial charge in [-0.05, 0) is 44.4 Å². The molecule has 6 heteroatoms. The highest BCUT2D eigenvalue weighted by Gasteiger charge is 2.20. The Balaban J connectivity index is 1.52. The van der Waals surface area contributed by atoms with E-state index in [1.807, 2.05) is 66.4 Å². The molecule has 160 valence electrons. The van der Waals surface area contributed by atoms with E-state index in [2.05, 4.69) is 5.32 Å². The molecule has 31 heavy (non-hydrogen) atoms. The summed E-state index contributed by atoms with van der Waals surface area (Å²) in [5.41, 5.74) is 4.01. The molecule has 1 fully saturated rings. The highest BCUT2D eigenvalue weighted by atomic mass is 16.2. The third kappa shape index (κ3) is 5.02. The van der Waals surface area contributed by atoms with Crippen molar-refractivity contribution in [2.45, 2.75) is 32.6 Å². The topological polar surface area (TPSA) is 67.2 Å². The van der Waals surface area contributed by atoms with Gasteiger partial charge in [0.25, 0.3) is 5.91 Å². The lowest BCUT2D eigenvalue weighted by Gasteiger charge is -2.26. The smallest absolute Gasteiger partial charge is 0.255 e. The summed E-state index contributed by atoms with van der Waals surface area (Å²) in [7, 11) is 0. The molecule has 1 saturated heterocycles. The van der Waals surface area contributed by atoms with Gasteiger partial charge in [0, 0.05) is 37.8 Å². The number of amides is 2. The van der Waals surface area contributed by atoms with Gasteiger partial charge in [-0.1, -0.05) is 42.0 Å². The molecule has 4 rings (SSSR count). The number of benzene rings is 2. The van der Waals surface area contributed by atoms with Gasteiger partial charge in [0.1, 0.15) is 5.69 Å². The number of para-hydroxylation sites is 1. The molecule has 0 saturated carbocycles. The van der Waals surface area contributed by atoms with Crippen molar-refractivity contribution in [2.75, 3.05) is 19.6 Å². The van der Waals surface area contributed by atoms with Gasteiger partial charge in [-0.3, -0.25) is 9.59 Å². The zero-order valence-electron chi connectivity index (χ0n) is 17.9. The maximum Gasteiger partial charge on any atom is 0.255 e. The molecule has 1 aromatic heterocycles. The zero-order valence-corrected chi connectivity index (χ0v) is 17.9.